The van der Waals surface area contributed by atoms with Crippen molar-refractivity contribution in [3.63, 3.8) is 0 Å². The summed E-state index contributed by atoms with van der Waals surface area (Å²) in [6, 6.07) is 19.0. The van der Waals surface area contributed by atoms with Gasteiger partial charge in [0.15, 0.2) is 0 Å². The maximum atomic E-state index is 12.3. The van der Waals surface area contributed by atoms with Crippen molar-refractivity contribution in [3.05, 3.63) is 83.4 Å². The number of carbonyl (C=O) groups excluding carboxylic acids is 3. The number of nitrogens with zero attached hydrogens (tertiary/aromatic N) is 1. The van der Waals surface area contributed by atoms with Crippen LogP contribution < -0.4 is 0 Å². The van der Waals surface area contributed by atoms with E-state index < -0.39 is 17.8 Å². The van der Waals surface area contributed by atoms with Gasteiger partial charge in [-0.2, -0.15) is 0 Å². The number of amides is 2. The van der Waals surface area contributed by atoms with Gasteiger partial charge in [0.1, 0.15) is 0 Å². The van der Waals surface area contributed by atoms with E-state index in [1.165, 1.54) is 12.1 Å². The Balaban J connectivity index is 1.62. The van der Waals surface area contributed by atoms with Crippen molar-refractivity contribution >= 4 is 28.6 Å². The molecule has 0 saturated heterocycles. The second-order valence-electron chi connectivity index (χ2n) is 5.39. The van der Waals surface area contributed by atoms with Gasteiger partial charge in [-0.1, -0.05) is 47.5 Å². The first-order chi connectivity index (χ1) is 11.6. The lowest BCUT2D eigenvalue weighted by Crippen LogP contribution is -2.32. The Labute approximate surface area is 137 Å². The molecule has 0 N–H and O–H groups in total. The van der Waals surface area contributed by atoms with E-state index in [9.17, 15) is 14.4 Å². The van der Waals surface area contributed by atoms with Crippen LogP contribution in [-0.2, 0) is 4.84 Å². The van der Waals surface area contributed by atoms with E-state index in [0.29, 0.717) is 5.06 Å². The fourth-order valence-electron chi connectivity index (χ4n) is 2.70. The third-order valence-corrected chi connectivity index (χ3v) is 3.92. The number of benzene rings is 3. The van der Waals surface area contributed by atoms with Crippen molar-refractivity contribution in [1.82, 2.24) is 5.06 Å². The Morgan fingerprint density at radius 3 is 2.00 bits per heavy atom. The fourth-order valence-corrected chi connectivity index (χ4v) is 2.70. The summed E-state index contributed by atoms with van der Waals surface area (Å²) in [5.74, 6) is -2.02. The SMILES string of the molecule is O=C(ON1C(=O)c2ccccc2C1=O)c1ccc2ccccc2c1. The Bertz CT molecular complexity index is 974. The number of hydrogen-bond acceptors (Lipinski definition) is 4. The Morgan fingerprint density at radius 1 is 0.750 bits per heavy atom. The van der Waals surface area contributed by atoms with Gasteiger partial charge in [0.05, 0.1) is 16.7 Å². The van der Waals surface area contributed by atoms with E-state index in [0.717, 1.165) is 10.8 Å². The summed E-state index contributed by atoms with van der Waals surface area (Å²) in [5.41, 5.74) is 0.730. The molecule has 1 aliphatic heterocycles. The lowest BCUT2D eigenvalue weighted by Gasteiger charge is -2.12. The highest BCUT2D eigenvalue weighted by Gasteiger charge is 2.38. The number of rotatable bonds is 2. The van der Waals surface area contributed by atoms with Crippen LogP contribution in [-0.4, -0.2) is 22.8 Å². The monoisotopic (exact) mass is 317 g/mol. The number of hydroxylamine groups is 2. The molecule has 0 bridgehead atoms. The third-order valence-electron chi connectivity index (χ3n) is 3.92. The van der Waals surface area contributed by atoms with Crippen LogP contribution >= 0.6 is 0 Å². The van der Waals surface area contributed by atoms with Gasteiger partial charge >= 0.3 is 5.97 Å². The van der Waals surface area contributed by atoms with Crippen LogP contribution in [0, 0.1) is 0 Å². The molecule has 0 radical (unpaired) electrons. The molecular weight excluding hydrogens is 306 g/mol. The Morgan fingerprint density at radius 2 is 1.33 bits per heavy atom. The van der Waals surface area contributed by atoms with Gasteiger partial charge in [0.25, 0.3) is 11.8 Å². The van der Waals surface area contributed by atoms with Crippen molar-refractivity contribution < 1.29 is 19.2 Å². The lowest BCUT2D eigenvalue weighted by molar-refractivity contribution is -0.0584. The summed E-state index contributed by atoms with van der Waals surface area (Å²) in [6.07, 6.45) is 0. The molecule has 0 aromatic heterocycles. The molecule has 4 rings (SSSR count). The van der Waals surface area contributed by atoms with Gasteiger partial charge < -0.3 is 4.84 Å². The smallest absolute Gasteiger partial charge is 0.324 e. The van der Waals surface area contributed by atoms with Crippen LogP contribution in [0.5, 0.6) is 0 Å². The van der Waals surface area contributed by atoms with Crippen molar-refractivity contribution in [2.24, 2.45) is 0 Å². The molecule has 1 heterocycles. The minimum absolute atomic E-state index is 0.230. The minimum Gasteiger partial charge on any atom is -0.324 e. The number of fused-ring (bicyclic) bond motifs is 2. The van der Waals surface area contributed by atoms with Crippen LogP contribution in [0.4, 0.5) is 0 Å². The topological polar surface area (TPSA) is 63.7 Å². The summed E-state index contributed by atoms with van der Waals surface area (Å²) in [4.78, 5) is 41.8. The van der Waals surface area contributed by atoms with Crippen LogP contribution in [0.15, 0.2) is 66.7 Å². The molecule has 0 atom stereocenters. The number of imide groups is 1. The van der Waals surface area contributed by atoms with Gasteiger partial charge in [-0.15, -0.1) is 0 Å². The zero-order chi connectivity index (χ0) is 16.7. The zero-order valence-electron chi connectivity index (χ0n) is 12.4. The van der Waals surface area contributed by atoms with Crippen molar-refractivity contribution in [1.29, 1.82) is 0 Å². The summed E-state index contributed by atoms with van der Waals surface area (Å²) >= 11 is 0. The minimum atomic E-state index is -0.754. The summed E-state index contributed by atoms with van der Waals surface area (Å²) in [7, 11) is 0. The first kappa shape index (κ1) is 14.1. The van der Waals surface area contributed by atoms with Crippen LogP contribution in [0.3, 0.4) is 0 Å². The molecule has 5 nitrogen and oxygen atoms in total. The van der Waals surface area contributed by atoms with E-state index in [4.69, 9.17) is 4.84 Å². The van der Waals surface area contributed by atoms with Crippen LogP contribution in [0.1, 0.15) is 31.1 Å². The molecule has 5 heteroatoms. The van der Waals surface area contributed by atoms with E-state index >= 15 is 0 Å². The van der Waals surface area contributed by atoms with Gasteiger partial charge in [-0.05, 0) is 35.0 Å². The zero-order valence-corrected chi connectivity index (χ0v) is 12.4. The predicted molar refractivity (Wildman–Crippen MR) is 86.3 cm³/mol. The average Bonchev–Trinajstić information content (AvgIpc) is 2.86. The predicted octanol–water partition coefficient (Wildman–Crippen LogP) is 3.21. The molecule has 0 fully saturated rings. The fraction of sp³-hybridized carbons (Fsp3) is 0. The number of hydrogen-bond donors (Lipinski definition) is 0. The van der Waals surface area contributed by atoms with Crippen LogP contribution in [0.2, 0.25) is 0 Å². The molecule has 1 aliphatic rings. The van der Waals surface area contributed by atoms with Crippen molar-refractivity contribution in [3.8, 4) is 0 Å². The van der Waals surface area contributed by atoms with E-state index in [1.54, 1.807) is 30.3 Å². The maximum Gasteiger partial charge on any atom is 0.363 e. The molecule has 2 amide bonds. The van der Waals surface area contributed by atoms with Gasteiger partial charge in [-0.3, -0.25) is 9.59 Å². The maximum absolute atomic E-state index is 12.3. The van der Waals surface area contributed by atoms with Gasteiger partial charge in [0, 0.05) is 0 Å². The second-order valence-corrected chi connectivity index (χ2v) is 5.39. The summed E-state index contributed by atoms with van der Waals surface area (Å²) in [5, 5.41) is 2.37. The first-order valence-corrected chi connectivity index (χ1v) is 7.34. The molecule has 0 aliphatic carbocycles. The first-order valence-electron chi connectivity index (χ1n) is 7.34. The lowest BCUT2D eigenvalue weighted by atomic mass is 10.1. The molecule has 0 unspecified atom stereocenters. The highest BCUT2D eigenvalue weighted by Crippen LogP contribution is 2.24. The summed E-state index contributed by atoms with van der Waals surface area (Å²) in [6.45, 7) is 0. The third kappa shape index (κ3) is 2.14. The molecule has 3 aromatic rings. The highest BCUT2D eigenvalue weighted by atomic mass is 16.7. The molecular formula is C19H11NO4. The van der Waals surface area contributed by atoms with Gasteiger partial charge in [-0.25, -0.2) is 4.79 Å². The van der Waals surface area contributed by atoms with E-state index in [2.05, 4.69) is 0 Å². The van der Waals surface area contributed by atoms with E-state index in [1.807, 2.05) is 24.3 Å². The largest absolute Gasteiger partial charge is 0.363 e. The standard InChI is InChI=1S/C19H11NO4/c21-17-15-7-3-4-8-16(15)18(22)20(17)24-19(23)14-10-9-12-5-1-2-6-13(12)11-14/h1-11H. The molecule has 116 valence electrons. The highest BCUT2D eigenvalue weighted by molar-refractivity contribution is 6.21. The average molecular weight is 317 g/mol. The molecule has 24 heavy (non-hydrogen) atoms. The Kier molecular flexibility index (Phi) is 3.13. The second kappa shape index (κ2) is 5.31. The van der Waals surface area contributed by atoms with Crippen molar-refractivity contribution in [2.45, 2.75) is 0 Å². The number of carbonyl (C=O) groups is 3. The Hall–Kier alpha value is -3.47. The molecule has 0 spiro atoms. The quantitative estimate of drug-likeness (QED) is 0.681. The molecule has 3 aromatic carbocycles. The van der Waals surface area contributed by atoms with Crippen molar-refractivity contribution in [2.75, 3.05) is 0 Å². The normalized spacial score (nSPS) is 13.2. The van der Waals surface area contributed by atoms with Gasteiger partial charge in [0.2, 0.25) is 0 Å². The summed E-state index contributed by atoms with van der Waals surface area (Å²) < 4.78 is 0. The van der Waals surface area contributed by atoms with Crippen LogP contribution in [0.25, 0.3) is 10.8 Å². The molecule has 0 saturated carbocycles. The van der Waals surface area contributed by atoms with E-state index in [-0.39, 0.29) is 16.7 Å².